The van der Waals surface area contributed by atoms with Gasteiger partial charge in [-0.15, -0.1) is 0 Å². The number of anilines is 1. The van der Waals surface area contributed by atoms with Crippen LogP contribution in [-0.2, 0) is 15.8 Å². The number of benzene rings is 1. The third kappa shape index (κ3) is 6.43. The smallest absolute Gasteiger partial charge is 0.342 e. The van der Waals surface area contributed by atoms with Crippen LogP contribution < -0.4 is 5.32 Å². The third-order valence-electron chi connectivity index (χ3n) is 5.40. The van der Waals surface area contributed by atoms with E-state index in [-0.39, 0.29) is 18.4 Å². The summed E-state index contributed by atoms with van der Waals surface area (Å²) in [5.41, 5.74) is -0.403. The summed E-state index contributed by atoms with van der Waals surface area (Å²) in [4.78, 5) is 30.6. The number of rotatable bonds is 5. The number of amides is 2. The summed E-state index contributed by atoms with van der Waals surface area (Å²) in [5.74, 6) is -0.0826. The van der Waals surface area contributed by atoms with E-state index in [1.165, 1.54) is 18.6 Å². The quantitative estimate of drug-likeness (QED) is 0.806. The van der Waals surface area contributed by atoms with E-state index >= 15 is 0 Å². The first-order valence-electron chi connectivity index (χ1n) is 10.0. The molecule has 0 bridgehead atoms. The Morgan fingerprint density at radius 2 is 1.38 bits per heavy atom. The number of nitrogens with one attached hydrogen (secondary N) is 1. The molecule has 0 spiro atoms. The van der Waals surface area contributed by atoms with Gasteiger partial charge in [-0.05, 0) is 43.5 Å². The van der Waals surface area contributed by atoms with Crippen molar-refractivity contribution in [3.63, 3.8) is 0 Å². The van der Waals surface area contributed by atoms with Crippen LogP contribution in [0.5, 0.6) is 0 Å². The molecule has 1 N–H and O–H groups in total. The lowest BCUT2D eigenvalue weighted by Gasteiger charge is -2.35. The van der Waals surface area contributed by atoms with Gasteiger partial charge < -0.3 is 10.2 Å². The van der Waals surface area contributed by atoms with Gasteiger partial charge in [0.05, 0.1) is 18.7 Å². The Bertz CT molecular complexity index is 695. The molecule has 2 heterocycles. The van der Waals surface area contributed by atoms with Gasteiger partial charge in [0.2, 0.25) is 11.8 Å². The molecule has 2 aliphatic rings. The van der Waals surface area contributed by atoms with E-state index in [0.29, 0.717) is 38.4 Å². The molecule has 1 aromatic rings. The van der Waals surface area contributed by atoms with Crippen molar-refractivity contribution >= 4 is 17.5 Å². The van der Waals surface area contributed by atoms with Crippen LogP contribution in [0.1, 0.15) is 24.8 Å². The van der Waals surface area contributed by atoms with Crippen LogP contribution in [0.4, 0.5) is 18.9 Å². The number of likely N-dealkylation sites (tertiary alicyclic amines) is 1. The van der Waals surface area contributed by atoms with E-state index in [4.69, 9.17) is 0 Å². The van der Waals surface area contributed by atoms with Crippen molar-refractivity contribution in [2.45, 2.75) is 25.4 Å². The Morgan fingerprint density at radius 3 is 1.93 bits per heavy atom. The SMILES string of the molecule is O=C(CN1CCN(CC(=O)N2CCCCC2)CC1)Nc1ccc(C(F)(F)F)cc1. The number of piperazine rings is 1. The lowest BCUT2D eigenvalue weighted by Crippen LogP contribution is -2.51. The predicted octanol–water partition coefficient (Wildman–Crippen LogP) is 2.27. The number of halogens is 3. The zero-order chi connectivity index (χ0) is 20.9. The molecule has 0 atom stereocenters. The zero-order valence-corrected chi connectivity index (χ0v) is 16.4. The van der Waals surface area contributed by atoms with Crippen LogP contribution in [0.15, 0.2) is 24.3 Å². The molecule has 2 amide bonds. The maximum atomic E-state index is 12.6. The number of nitrogens with zero attached hydrogens (tertiary/aromatic N) is 3. The summed E-state index contributed by atoms with van der Waals surface area (Å²) in [5, 5.41) is 2.63. The van der Waals surface area contributed by atoms with E-state index in [0.717, 1.165) is 38.1 Å². The van der Waals surface area contributed by atoms with Crippen LogP contribution >= 0.6 is 0 Å². The molecule has 0 unspecified atom stereocenters. The maximum Gasteiger partial charge on any atom is 0.416 e. The highest BCUT2D eigenvalue weighted by Gasteiger charge is 2.30. The lowest BCUT2D eigenvalue weighted by molar-refractivity contribution is -0.137. The second-order valence-corrected chi connectivity index (χ2v) is 7.62. The summed E-state index contributed by atoms with van der Waals surface area (Å²) in [7, 11) is 0. The molecule has 2 aliphatic heterocycles. The molecule has 3 rings (SSSR count). The lowest BCUT2D eigenvalue weighted by atomic mass is 10.1. The van der Waals surface area contributed by atoms with Gasteiger partial charge in [0.1, 0.15) is 0 Å². The van der Waals surface area contributed by atoms with Crippen LogP contribution in [0.3, 0.4) is 0 Å². The maximum absolute atomic E-state index is 12.6. The van der Waals surface area contributed by atoms with E-state index in [1.807, 2.05) is 9.80 Å². The van der Waals surface area contributed by atoms with E-state index in [9.17, 15) is 22.8 Å². The summed E-state index contributed by atoms with van der Waals surface area (Å²) in [6.07, 6.45) is -1.05. The van der Waals surface area contributed by atoms with Gasteiger partial charge in [-0.1, -0.05) is 0 Å². The fourth-order valence-electron chi connectivity index (χ4n) is 3.69. The van der Waals surface area contributed by atoms with Gasteiger partial charge in [0.25, 0.3) is 0 Å². The van der Waals surface area contributed by atoms with Crippen LogP contribution in [-0.4, -0.2) is 78.9 Å². The Kier molecular flexibility index (Phi) is 7.13. The van der Waals surface area contributed by atoms with Crippen molar-refractivity contribution in [1.29, 1.82) is 0 Å². The minimum Gasteiger partial charge on any atom is -0.342 e. The average Bonchev–Trinajstić information content (AvgIpc) is 2.70. The van der Waals surface area contributed by atoms with Crippen molar-refractivity contribution in [2.75, 3.05) is 57.7 Å². The molecular formula is C20H27F3N4O2. The molecule has 1 aromatic carbocycles. The molecule has 0 radical (unpaired) electrons. The third-order valence-corrected chi connectivity index (χ3v) is 5.40. The molecule has 29 heavy (non-hydrogen) atoms. The number of alkyl halides is 3. The Balaban J connectivity index is 1.38. The second kappa shape index (κ2) is 9.58. The fraction of sp³-hybridized carbons (Fsp3) is 0.600. The van der Waals surface area contributed by atoms with Gasteiger partial charge in [-0.2, -0.15) is 13.2 Å². The minimum absolute atomic E-state index is 0.176. The van der Waals surface area contributed by atoms with Gasteiger partial charge in [-0.25, -0.2) is 0 Å². The number of carbonyl (C=O) groups is 2. The molecule has 160 valence electrons. The van der Waals surface area contributed by atoms with Crippen LogP contribution in [0.2, 0.25) is 0 Å². The highest BCUT2D eigenvalue weighted by molar-refractivity contribution is 5.92. The van der Waals surface area contributed by atoms with Crippen LogP contribution in [0.25, 0.3) is 0 Å². The van der Waals surface area contributed by atoms with Crippen LogP contribution in [0, 0.1) is 0 Å². The molecule has 0 saturated carbocycles. The average molecular weight is 412 g/mol. The Labute approximate surface area is 168 Å². The van der Waals surface area contributed by atoms with Gasteiger partial charge in [0, 0.05) is 45.0 Å². The molecule has 9 heteroatoms. The first-order valence-corrected chi connectivity index (χ1v) is 10.0. The van der Waals surface area contributed by atoms with Crippen molar-refractivity contribution in [3.8, 4) is 0 Å². The summed E-state index contributed by atoms with van der Waals surface area (Å²) in [6.45, 7) is 5.08. The zero-order valence-electron chi connectivity index (χ0n) is 16.4. The first kappa shape index (κ1) is 21.6. The largest absolute Gasteiger partial charge is 0.416 e. The van der Waals surface area contributed by atoms with Gasteiger partial charge in [0.15, 0.2) is 0 Å². The normalized spacial score (nSPS) is 19.2. The molecule has 2 saturated heterocycles. The Hall–Kier alpha value is -2.13. The van der Waals surface area contributed by atoms with Gasteiger partial charge in [-0.3, -0.25) is 19.4 Å². The molecule has 0 aromatic heterocycles. The van der Waals surface area contributed by atoms with Crippen molar-refractivity contribution in [2.24, 2.45) is 0 Å². The molecule has 2 fully saturated rings. The van der Waals surface area contributed by atoms with E-state index in [2.05, 4.69) is 10.2 Å². The van der Waals surface area contributed by atoms with E-state index in [1.54, 1.807) is 0 Å². The number of piperidine rings is 1. The standard InChI is InChI=1S/C20H27F3N4O2/c21-20(22,23)16-4-6-17(7-5-16)24-18(28)14-25-10-12-26(13-11-25)15-19(29)27-8-2-1-3-9-27/h4-7H,1-3,8-15H2,(H,24,28). The van der Waals surface area contributed by atoms with Crippen molar-refractivity contribution in [1.82, 2.24) is 14.7 Å². The minimum atomic E-state index is -4.39. The topological polar surface area (TPSA) is 55.9 Å². The van der Waals surface area contributed by atoms with Crippen molar-refractivity contribution in [3.05, 3.63) is 29.8 Å². The Morgan fingerprint density at radius 1 is 0.828 bits per heavy atom. The summed E-state index contributed by atoms with van der Waals surface area (Å²) >= 11 is 0. The summed E-state index contributed by atoms with van der Waals surface area (Å²) < 4.78 is 37.8. The van der Waals surface area contributed by atoms with Crippen molar-refractivity contribution < 1.29 is 22.8 Å². The first-order chi connectivity index (χ1) is 13.8. The summed E-state index contributed by atoms with van der Waals surface area (Å²) in [6, 6.07) is 4.41. The van der Waals surface area contributed by atoms with E-state index < -0.39 is 11.7 Å². The van der Waals surface area contributed by atoms with Gasteiger partial charge >= 0.3 is 6.18 Å². The molecule has 6 nitrogen and oxygen atoms in total. The molecule has 0 aliphatic carbocycles. The molecular weight excluding hydrogens is 385 g/mol. The highest BCUT2D eigenvalue weighted by Crippen LogP contribution is 2.29. The number of carbonyl (C=O) groups excluding carboxylic acids is 2. The monoisotopic (exact) mass is 412 g/mol. The number of hydrogen-bond acceptors (Lipinski definition) is 4. The fourth-order valence-corrected chi connectivity index (χ4v) is 3.69. The number of hydrogen-bond donors (Lipinski definition) is 1. The predicted molar refractivity (Wildman–Crippen MR) is 103 cm³/mol. The highest BCUT2D eigenvalue weighted by atomic mass is 19.4. The second-order valence-electron chi connectivity index (χ2n) is 7.62.